The van der Waals surface area contributed by atoms with Crippen LogP contribution in [0.3, 0.4) is 0 Å². The average molecular weight is 193 g/mol. The van der Waals surface area contributed by atoms with E-state index in [4.69, 9.17) is 4.42 Å². The molecule has 0 saturated heterocycles. The normalized spacial score (nSPS) is 18.4. The van der Waals surface area contributed by atoms with Crippen LogP contribution >= 0.6 is 0 Å². The minimum atomic E-state index is 0.664. The third-order valence-corrected chi connectivity index (χ3v) is 2.83. The molecule has 1 unspecified atom stereocenters. The fourth-order valence-electron chi connectivity index (χ4n) is 1.83. The Hall–Kier alpha value is -0.760. The SMILES string of the molecule is CC(CC1CC1)NCCc1ccco1. The van der Waals surface area contributed by atoms with Crippen molar-refractivity contribution in [2.45, 2.75) is 38.6 Å². The molecule has 0 aliphatic heterocycles. The van der Waals surface area contributed by atoms with Gasteiger partial charge in [-0.15, -0.1) is 0 Å². The van der Waals surface area contributed by atoms with E-state index in [1.165, 1.54) is 19.3 Å². The van der Waals surface area contributed by atoms with E-state index in [0.717, 1.165) is 24.6 Å². The first-order valence-corrected chi connectivity index (χ1v) is 5.60. The lowest BCUT2D eigenvalue weighted by molar-refractivity contribution is 0.460. The van der Waals surface area contributed by atoms with Gasteiger partial charge in [-0.25, -0.2) is 0 Å². The van der Waals surface area contributed by atoms with Crippen LogP contribution in [-0.4, -0.2) is 12.6 Å². The first kappa shape index (κ1) is 9.78. The van der Waals surface area contributed by atoms with Crippen LogP contribution in [0.25, 0.3) is 0 Å². The number of rotatable bonds is 6. The molecule has 2 nitrogen and oxygen atoms in total. The summed E-state index contributed by atoms with van der Waals surface area (Å²) in [6.45, 7) is 3.31. The fraction of sp³-hybridized carbons (Fsp3) is 0.667. The van der Waals surface area contributed by atoms with E-state index >= 15 is 0 Å². The molecular formula is C12H19NO. The largest absolute Gasteiger partial charge is 0.469 e. The topological polar surface area (TPSA) is 25.2 Å². The van der Waals surface area contributed by atoms with Gasteiger partial charge in [0.1, 0.15) is 5.76 Å². The summed E-state index contributed by atoms with van der Waals surface area (Å²) in [5, 5.41) is 3.53. The second-order valence-electron chi connectivity index (χ2n) is 4.36. The van der Waals surface area contributed by atoms with Crippen molar-refractivity contribution in [3.05, 3.63) is 24.2 Å². The molecule has 1 aromatic heterocycles. The van der Waals surface area contributed by atoms with E-state index in [-0.39, 0.29) is 0 Å². The maximum Gasteiger partial charge on any atom is 0.105 e. The van der Waals surface area contributed by atoms with Gasteiger partial charge in [-0.05, 0) is 31.4 Å². The first-order valence-electron chi connectivity index (χ1n) is 5.60. The van der Waals surface area contributed by atoms with Crippen LogP contribution in [-0.2, 0) is 6.42 Å². The van der Waals surface area contributed by atoms with E-state index in [1.54, 1.807) is 6.26 Å². The molecule has 1 aromatic rings. The van der Waals surface area contributed by atoms with E-state index in [1.807, 2.05) is 12.1 Å². The smallest absolute Gasteiger partial charge is 0.105 e. The van der Waals surface area contributed by atoms with Gasteiger partial charge in [0.25, 0.3) is 0 Å². The van der Waals surface area contributed by atoms with Gasteiger partial charge in [0, 0.05) is 19.0 Å². The monoisotopic (exact) mass is 193 g/mol. The highest BCUT2D eigenvalue weighted by molar-refractivity contribution is 4.98. The van der Waals surface area contributed by atoms with Crippen LogP contribution in [0.15, 0.2) is 22.8 Å². The zero-order valence-electron chi connectivity index (χ0n) is 8.83. The Morgan fingerprint density at radius 1 is 1.57 bits per heavy atom. The van der Waals surface area contributed by atoms with Crippen molar-refractivity contribution in [1.82, 2.24) is 5.32 Å². The van der Waals surface area contributed by atoms with Gasteiger partial charge in [-0.3, -0.25) is 0 Å². The molecule has 2 rings (SSSR count). The highest BCUT2D eigenvalue weighted by atomic mass is 16.3. The van der Waals surface area contributed by atoms with Crippen molar-refractivity contribution in [3.8, 4) is 0 Å². The van der Waals surface area contributed by atoms with Crippen LogP contribution < -0.4 is 5.32 Å². The summed E-state index contributed by atoms with van der Waals surface area (Å²) in [5.74, 6) is 2.09. The minimum Gasteiger partial charge on any atom is -0.469 e. The molecule has 1 atom stereocenters. The molecule has 2 heteroatoms. The third kappa shape index (κ3) is 3.18. The molecule has 1 heterocycles. The standard InChI is InChI=1S/C12H19NO/c1-10(9-11-4-5-11)13-7-6-12-3-2-8-14-12/h2-3,8,10-11,13H,4-7,9H2,1H3. The molecule has 14 heavy (non-hydrogen) atoms. The summed E-state index contributed by atoms with van der Waals surface area (Å²) in [6, 6.07) is 4.65. The highest BCUT2D eigenvalue weighted by Crippen LogP contribution is 2.33. The van der Waals surface area contributed by atoms with E-state index in [2.05, 4.69) is 12.2 Å². The molecule has 1 aliphatic carbocycles. The summed E-state index contributed by atoms with van der Waals surface area (Å²) in [5.41, 5.74) is 0. The maximum absolute atomic E-state index is 5.27. The predicted octanol–water partition coefficient (Wildman–Crippen LogP) is 2.60. The Labute approximate surface area is 85.7 Å². The molecule has 1 fully saturated rings. The Bertz CT molecular complexity index is 251. The second-order valence-corrected chi connectivity index (χ2v) is 4.36. The Kier molecular flexibility index (Phi) is 3.25. The second kappa shape index (κ2) is 4.65. The van der Waals surface area contributed by atoms with Crippen molar-refractivity contribution < 1.29 is 4.42 Å². The van der Waals surface area contributed by atoms with Crippen LogP contribution in [0.1, 0.15) is 31.9 Å². The number of furan rings is 1. The van der Waals surface area contributed by atoms with Gasteiger partial charge in [-0.2, -0.15) is 0 Å². The Morgan fingerprint density at radius 2 is 2.43 bits per heavy atom. The highest BCUT2D eigenvalue weighted by Gasteiger charge is 2.23. The predicted molar refractivity (Wildman–Crippen MR) is 57.2 cm³/mol. The van der Waals surface area contributed by atoms with Crippen LogP contribution in [0.2, 0.25) is 0 Å². The number of nitrogens with one attached hydrogen (secondary N) is 1. The van der Waals surface area contributed by atoms with Crippen molar-refractivity contribution >= 4 is 0 Å². The van der Waals surface area contributed by atoms with Crippen molar-refractivity contribution in [3.63, 3.8) is 0 Å². The lowest BCUT2D eigenvalue weighted by Crippen LogP contribution is -2.28. The zero-order chi connectivity index (χ0) is 9.80. The molecule has 1 saturated carbocycles. The molecule has 0 aromatic carbocycles. The summed E-state index contributed by atoms with van der Waals surface area (Å²) in [7, 11) is 0. The molecule has 0 radical (unpaired) electrons. The van der Waals surface area contributed by atoms with Gasteiger partial charge in [0.2, 0.25) is 0 Å². The first-order chi connectivity index (χ1) is 6.84. The summed E-state index contributed by atoms with van der Waals surface area (Å²) in [4.78, 5) is 0. The molecule has 1 aliphatic rings. The van der Waals surface area contributed by atoms with Gasteiger partial charge in [-0.1, -0.05) is 12.8 Å². The van der Waals surface area contributed by atoms with Crippen molar-refractivity contribution in [2.75, 3.05) is 6.54 Å². The van der Waals surface area contributed by atoms with E-state index in [9.17, 15) is 0 Å². The number of hydrogen-bond acceptors (Lipinski definition) is 2. The quantitative estimate of drug-likeness (QED) is 0.751. The molecule has 78 valence electrons. The molecule has 0 bridgehead atoms. The summed E-state index contributed by atoms with van der Waals surface area (Å²) in [6.07, 6.45) is 6.98. The summed E-state index contributed by atoms with van der Waals surface area (Å²) >= 11 is 0. The summed E-state index contributed by atoms with van der Waals surface area (Å²) < 4.78 is 5.27. The Morgan fingerprint density at radius 3 is 3.07 bits per heavy atom. The average Bonchev–Trinajstić information content (AvgIpc) is 2.82. The van der Waals surface area contributed by atoms with Gasteiger partial charge in [0.15, 0.2) is 0 Å². The fourth-order valence-corrected chi connectivity index (χ4v) is 1.83. The third-order valence-electron chi connectivity index (χ3n) is 2.83. The van der Waals surface area contributed by atoms with E-state index in [0.29, 0.717) is 6.04 Å². The lowest BCUT2D eigenvalue weighted by Gasteiger charge is -2.12. The van der Waals surface area contributed by atoms with Crippen LogP contribution in [0, 0.1) is 5.92 Å². The van der Waals surface area contributed by atoms with Gasteiger partial charge >= 0.3 is 0 Å². The van der Waals surface area contributed by atoms with E-state index < -0.39 is 0 Å². The lowest BCUT2D eigenvalue weighted by atomic mass is 10.1. The van der Waals surface area contributed by atoms with Crippen molar-refractivity contribution in [1.29, 1.82) is 0 Å². The zero-order valence-corrected chi connectivity index (χ0v) is 8.83. The number of hydrogen-bond donors (Lipinski definition) is 1. The molecule has 0 spiro atoms. The maximum atomic E-state index is 5.27. The van der Waals surface area contributed by atoms with Gasteiger partial charge < -0.3 is 9.73 Å². The van der Waals surface area contributed by atoms with Crippen molar-refractivity contribution in [2.24, 2.45) is 5.92 Å². The van der Waals surface area contributed by atoms with Gasteiger partial charge in [0.05, 0.1) is 6.26 Å². The minimum absolute atomic E-state index is 0.664. The molecule has 1 N–H and O–H groups in total. The van der Waals surface area contributed by atoms with Crippen LogP contribution in [0.4, 0.5) is 0 Å². The van der Waals surface area contributed by atoms with Crippen LogP contribution in [0.5, 0.6) is 0 Å². The Balaban J connectivity index is 1.57. The molecular weight excluding hydrogens is 174 g/mol. The molecule has 0 amide bonds.